The Balaban J connectivity index is 1.49. The van der Waals surface area contributed by atoms with E-state index in [-0.39, 0.29) is 30.6 Å². The Morgan fingerprint density at radius 1 is 1.26 bits per heavy atom. The molecule has 0 aliphatic carbocycles. The number of fused-ring (bicyclic) bond motifs is 2. The number of aromatic amines is 1. The summed E-state index contributed by atoms with van der Waals surface area (Å²) < 4.78 is 14.6. The van der Waals surface area contributed by atoms with Gasteiger partial charge in [-0.15, -0.1) is 0 Å². The number of H-pyrrole nitrogens is 1. The van der Waals surface area contributed by atoms with E-state index in [0.29, 0.717) is 34.1 Å². The van der Waals surface area contributed by atoms with Gasteiger partial charge in [0.15, 0.2) is 11.5 Å². The molecule has 0 radical (unpaired) electrons. The number of nitrogens with one attached hydrogen (secondary N) is 3. The third-order valence-electron chi connectivity index (χ3n) is 5.20. The van der Waals surface area contributed by atoms with Crippen LogP contribution >= 0.6 is 0 Å². The molecule has 0 fully saturated rings. The zero-order chi connectivity index (χ0) is 21.5. The van der Waals surface area contributed by atoms with Crippen LogP contribution < -0.4 is 10.6 Å². The van der Waals surface area contributed by atoms with Gasteiger partial charge in [-0.05, 0) is 24.6 Å². The Bertz CT molecular complexity index is 1310. The van der Waals surface area contributed by atoms with E-state index in [4.69, 9.17) is 0 Å². The van der Waals surface area contributed by atoms with E-state index >= 15 is 0 Å². The van der Waals surface area contributed by atoms with Crippen LogP contribution in [0.25, 0.3) is 17.0 Å². The molecule has 0 saturated carbocycles. The van der Waals surface area contributed by atoms with Crippen molar-refractivity contribution in [1.29, 1.82) is 0 Å². The van der Waals surface area contributed by atoms with Crippen molar-refractivity contribution in [1.82, 2.24) is 35.0 Å². The molecular weight excluding hydrogens is 403 g/mol. The molecule has 0 spiro atoms. The van der Waals surface area contributed by atoms with E-state index in [0.717, 1.165) is 5.56 Å². The Morgan fingerprint density at radius 2 is 2.06 bits per heavy atom. The molecule has 1 unspecified atom stereocenters. The molecule has 1 aliphatic heterocycles. The lowest BCUT2D eigenvalue weighted by molar-refractivity contribution is -0.126. The SMILES string of the molecule is Cc1nn(-c2ncnc3nc[nH]c23)c2c1C(C(=O)NCc1ccc(F)cc1)CC(=O)N2. The van der Waals surface area contributed by atoms with Crippen LogP contribution in [0.1, 0.15) is 29.2 Å². The lowest BCUT2D eigenvalue weighted by Crippen LogP contribution is -2.35. The van der Waals surface area contributed by atoms with Gasteiger partial charge in [0.25, 0.3) is 0 Å². The lowest BCUT2D eigenvalue weighted by atomic mass is 9.91. The van der Waals surface area contributed by atoms with E-state index in [2.05, 4.69) is 35.7 Å². The quantitative estimate of drug-likeness (QED) is 0.461. The number of nitrogens with zero attached hydrogens (tertiary/aromatic N) is 5. The monoisotopic (exact) mass is 420 g/mol. The zero-order valence-electron chi connectivity index (χ0n) is 16.4. The van der Waals surface area contributed by atoms with Gasteiger partial charge in [0.1, 0.15) is 23.5 Å². The van der Waals surface area contributed by atoms with E-state index in [9.17, 15) is 14.0 Å². The Hall–Kier alpha value is -4.15. The van der Waals surface area contributed by atoms with E-state index < -0.39 is 5.92 Å². The first-order valence-corrected chi connectivity index (χ1v) is 9.57. The molecule has 0 saturated heterocycles. The molecule has 31 heavy (non-hydrogen) atoms. The summed E-state index contributed by atoms with van der Waals surface area (Å²) in [6, 6.07) is 5.87. The molecule has 4 heterocycles. The summed E-state index contributed by atoms with van der Waals surface area (Å²) in [5.41, 5.74) is 3.00. The van der Waals surface area contributed by atoms with Gasteiger partial charge < -0.3 is 15.6 Å². The van der Waals surface area contributed by atoms with E-state index in [1.54, 1.807) is 19.1 Å². The van der Waals surface area contributed by atoms with Crippen LogP contribution in [0.2, 0.25) is 0 Å². The van der Waals surface area contributed by atoms with Crippen LogP contribution in [-0.2, 0) is 16.1 Å². The second-order valence-corrected chi connectivity index (χ2v) is 7.21. The summed E-state index contributed by atoms with van der Waals surface area (Å²) in [5, 5.41) is 10.2. The highest BCUT2D eigenvalue weighted by atomic mass is 19.1. The van der Waals surface area contributed by atoms with Gasteiger partial charge in [-0.25, -0.2) is 19.3 Å². The van der Waals surface area contributed by atoms with Crippen molar-refractivity contribution in [3.63, 3.8) is 0 Å². The Kier molecular flexibility index (Phi) is 4.42. The summed E-state index contributed by atoms with van der Waals surface area (Å²) in [6.07, 6.45) is 2.85. The van der Waals surface area contributed by atoms with Gasteiger partial charge in [-0.1, -0.05) is 12.1 Å². The third kappa shape index (κ3) is 3.29. The molecular formula is C20H17FN8O2. The van der Waals surface area contributed by atoms with Crippen LogP contribution in [0.15, 0.2) is 36.9 Å². The fourth-order valence-corrected chi connectivity index (χ4v) is 3.75. The zero-order valence-corrected chi connectivity index (χ0v) is 16.4. The fourth-order valence-electron chi connectivity index (χ4n) is 3.75. The van der Waals surface area contributed by atoms with Gasteiger partial charge in [-0.3, -0.25) is 9.59 Å². The highest BCUT2D eigenvalue weighted by Gasteiger charge is 2.36. The van der Waals surface area contributed by atoms with Crippen LogP contribution in [0, 0.1) is 12.7 Å². The molecule has 3 N–H and O–H groups in total. The first-order valence-electron chi connectivity index (χ1n) is 9.57. The lowest BCUT2D eigenvalue weighted by Gasteiger charge is -2.23. The van der Waals surface area contributed by atoms with Crippen molar-refractivity contribution in [2.45, 2.75) is 25.8 Å². The molecule has 0 bridgehead atoms. The van der Waals surface area contributed by atoms with Gasteiger partial charge in [0.05, 0.1) is 17.9 Å². The van der Waals surface area contributed by atoms with Crippen molar-refractivity contribution in [2.75, 3.05) is 5.32 Å². The van der Waals surface area contributed by atoms with Crippen LogP contribution in [0.4, 0.5) is 10.2 Å². The van der Waals surface area contributed by atoms with E-state index in [1.165, 1.54) is 29.5 Å². The summed E-state index contributed by atoms with van der Waals surface area (Å²) in [4.78, 5) is 40.9. The Labute approximate surface area is 174 Å². The van der Waals surface area contributed by atoms with Gasteiger partial charge >= 0.3 is 0 Å². The summed E-state index contributed by atoms with van der Waals surface area (Å²) in [5.74, 6) is -0.854. The third-order valence-corrected chi connectivity index (χ3v) is 5.20. The number of hydrogen-bond donors (Lipinski definition) is 3. The number of carbonyl (C=O) groups excluding carboxylic acids is 2. The van der Waals surface area contributed by atoms with Crippen LogP contribution in [0.5, 0.6) is 0 Å². The van der Waals surface area contributed by atoms with Crippen molar-refractivity contribution >= 4 is 28.8 Å². The van der Waals surface area contributed by atoms with Crippen LogP contribution in [0.3, 0.4) is 0 Å². The minimum absolute atomic E-state index is 0.00196. The summed E-state index contributed by atoms with van der Waals surface area (Å²) >= 11 is 0. The number of aromatic nitrogens is 6. The first-order chi connectivity index (χ1) is 15.0. The molecule has 1 atom stereocenters. The normalized spacial score (nSPS) is 15.5. The number of hydrogen-bond acceptors (Lipinski definition) is 6. The second kappa shape index (κ2) is 7.27. The van der Waals surface area contributed by atoms with Gasteiger partial charge in [-0.2, -0.15) is 9.78 Å². The highest BCUT2D eigenvalue weighted by molar-refractivity contribution is 6.01. The molecule has 3 aromatic heterocycles. The number of carbonyl (C=O) groups is 2. The van der Waals surface area contributed by atoms with E-state index in [1.807, 2.05) is 0 Å². The maximum atomic E-state index is 13.1. The smallest absolute Gasteiger partial charge is 0.228 e. The molecule has 156 valence electrons. The van der Waals surface area contributed by atoms with Crippen molar-refractivity contribution in [3.8, 4) is 5.82 Å². The van der Waals surface area contributed by atoms with Crippen LogP contribution in [-0.4, -0.2) is 41.5 Å². The van der Waals surface area contributed by atoms with Crippen molar-refractivity contribution in [2.24, 2.45) is 0 Å². The largest absolute Gasteiger partial charge is 0.351 e. The minimum Gasteiger partial charge on any atom is -0.351 e. The first kappa shape index (κ1) is 18.9. The molecule has 1 aliphatic rings. The molecule has 1 aromatic carbocycles. The second-order valence-electron chi connectivity index (χ2n) is 7.21. The molecule has 4 aromatic rings. The topological polar surface area (TPSA) is 130 Å². The minimum atomic E-state index is -0.711. The standard InChI is InChI=1S/C20H17FN8O2/c1-10-15-13(20(31)22-7-11-2-4-12(21)5-3-11)6-14(30)27-18(15)29(28-10)19-16-17(24-8-23-16)25-9-26-19/h2-5,8-9,13H,6-7H2,1H3,(H,22,31)(H,27,30)(H,23,24,25,26). The molecule has 2 amide bonds. The van der Waals surface area contributed by atoms with Gasteiger partial charge in [0.2, 0.25) is 11.8 Å². The number of anilines is 1. The molecule has 11 heteroatoms. The maximum Gasteiger partial charge on any atom is 0.228 e. The predicted molar refractivity (Wildman–Crippen MR) is 108 cm³/mol. The predicted octanol–water partition coefficient (Wildman–Crippen LogP) is 1.73. The number of halogens is 1. The number of aryl methyl sites for hydroxylation is 1. The highest BCUT2D eigenvalue weighted by Crippen LogP contribution is 2.36. The fraction of sp³-hybridized carbons (Fsp3) is 0.200. The molecule has 5 rings (SSSR count). The van der Waals surface area contributed by atoms with Gasteiger partial charge in [0, 0.05) is 18.5 Å². The number of imidazole rings is 1. The average molecular weight is 420 g/mol. The average Bonchev–Trinajstić information content (AvgIpc) is 3.37. The number of amides is 2. The number of rotatable bonds is 4. The van der Waals surface area contributed by atoms with Crippen molar-refractivity contribution in [3.05, 3.63) is 59.6 Å². The molecule has 10 nitrogen and oxygen atoms in total. The maximum absolute atomic E-state index is 13.1. The summed E-state index contributed by atoms with van der Waals surface area (Å²) in [7, 11) is 0. The van der Waals surface area contributed by atoms with Crippen molar-refractivity contribution < 1.29 is 14.0 Å². The number of benzene rings is 1. The summed E-state index contributed by atoms with van der Waals surface area (Å²) in [6.45, 7) is 2.00. The Morgan fingerprint density at radius 3 is 2.87 bits per heavy atom.